The fourth-order valence-electron chi connectivity index (χ4n) is 2.59. The number of benzene rings is 1. The minimum absolute atomic E-state index is 0.271. The summed E-state index contributed by atoms with van der Waals surface area (Å²) in [6, 6.07) is 4.20. The molecule has 2 unspecified atom stereocenters. The zero-order valence-corrected chi connectivity index (χ0v) is 10.7. The maximum absolute atomic E-state index is 13.6. The Morgan fingerprint density at radius 3 is 2.89 bits per heavy atom. The molecule has 0 aromatic heterocycles. The van der Waals surface area contributed by atoms with Crippen molar-refractivity contribution >= 4 is 0 Å². The Morgan fingerprint density at radius 1 is 1.39 bits per heavy atom. The molecule has 0 amide bonds. The van der Waals surface area contributed by atoms with Crippen LogP contribution in [-0.2, 0) is 0 Å². The average Bonchev–Trinajstić information content (AvgIpc) is 2.35. The van der Waals surface area contributed by atoms with Gasteiger partial charge in [0.2, 0.25) is 0 Å². The van der Waals surface area contributed by atoms with Crippen molar-refractivity contribution in [3.63, 3.8) is 0 Å². The molecule has 1 fully saturated rings. The number of hydrogen-bond acceptors (Lipinski definition) is 2. The lowest BCUT2D eigenvalue weighted by Gasteiger charge is -2.35. The molecule has 0 radical (unpaired) electrons. The molecule has 1 aliphatic rings. The Balaban J connectivity index is 2.07. The molecule has 0 aliphatic carbocycles. The second-order valence-corrected chi connectivity index (χ2v) is 5.09. The van der Waals surface area contributed by atoms with Crippen molar-refractivity contribution in [3.8, 4) is 0 Å². The fourth-order valence-corrected chi connectivity index (χ4v) is 2.59. The third kappa shape index (κ3) is 2.87. The molecule has 0 bridgehead atoms. The third-order valence-electron chi connectivity index (χ3n) is 3.75. The van der Waals surface area contributed by atoms with Gasteiger partial charge < -0.3 is 5.73 Å². The quantitative estimate of drug-likeness (QED) is 0.898. The van der Waals surface area contributed by atoms with E-state index in [1.165, 1.54) is 12.5 Å². The monoisotopic (exact) mass is 254 g/mol. The van der Waals surface area contributed by atoms with E-state index < -0.39 is 17.7 Å². The Bertz CT molecular complexity index is 409. The van der Waals surface area contributed by atoms with E-state index in [-0.39, 0.29) is 5.56 Å². The summed E-state index contributed by atoms with van der Waals surface area (Å²) in [5, 5.41) is 0. The van der Waals surface area contributed by atoms with Crippen molar-refractivity contribution in [3.05, 3.63) is 35.4 Å². The lowest BCUT2D eigenvalue weighted by Crippen LogP contribution is -2.41. The zero-order valence-electron chi connectivity index (χ0n) is 10.7. The maximum atomic E-state index is 13.6. The van der Waals surface area contributed by atoms with Crippen LogP contribution < -0.4 is 5.73 Å². The van der Waals surface area contributed by atoms with E-state index in [0.717, 1.165) is 25.5 Å². The lowest BCUT2D eigenvalue weighted by molar-refractivity contribution is 0.151. The van der Waals surface area contributed by atoms with Crippen LogP contribution in [0.15, 0.2) is 18.2 Å². The molecule has 0 spiro atoms. The van der Waals surface area contributed by atoms with E-state index in [4.69, 9.17) is 5.73 Å². The number of nitrogens with two attached hydrogens (primary N) is 1. The summed E-state index contributed by atoms with van der Waals surface area (Å²) < 4.78 is 26.8. The first kappa shape index (κ1) is 13.4. The van der Waals surface area contributed by atoms with Gasteiger partial charge in [-0.05, 0) is 32.4 Å². The lowest BCUT2D eigenvalue weighted by atomic mass is 10.0. The van der Waals surface area contributed by atoms with Gasteiger partial charge in [0.15, 0.2) is 11.6 Å². The van der Waals surface area contributed by atoms with Gasteiger partial charge in [-0.1, -0.05) is 18.6 Å². The maximum Gasteiger partial charge on any atom is 0.163 e. The summed E-state index contributed by atoms with van der Waals surface area (Å²) in [4.78, 5) is 2.26. The van der Waals surface area contributed by atoms with E-state index in [9.17, 15) is 8.78 Å². The van der Waals surface area contributed by atoms with Crippen LogP contribution >= 0.6 is 0 Å². The number of nitrogens with zero attached hydrogens (tertiary/aromatic N) is 1. The normalized spacial score (nSPS) is 23.0. The average molecular weight is 254 g/mol. The van der Waals surface area contributed by atoms with Gasteiger partial charge in [0, 0.05) is 24.2 Å². The number of rotatable bonds is 3. The van der Waals surface area contributed by atoms with Crippen LogP contribution in [0, 0.1) is 11.6 Å². The first-order valence-electron chi connectivity index (χ1n) is 6.53. The summed E-state index contributed by atoms with van der Waals surface area (Å²) in [7, 11) is 0. The summed E-state index contributed by atoms with van der Waals surface area (Å²) in [5.41, 5.74) is 6.28. The van der Waals surface area contributed by atoms with E-state index >= 15 is 0 Å². The number of piperidine rings is 1. The molecule has 4 heteroatoms. The molecule has 1 aromatic rings. The topological polar surface area (TPSA) is 29.3 Å². The van der Waals surface area contributed by atoms with Crippen molar-refractivity contribution in [2.45, 2.75) is 38.3 Å². The van der Waals surface area contributed by atoms with Crippen molar-refractivity contribution < 1.29 is 8.78 Å². The Labute approximate surface area is 107 Å². The van der Waals surface area contributed by atoms with Crippen LogP contribution in [-0.4, -0.2) is 24.0 Å². The molecule has 2 nitrogen and oxygen atoms in total. The third-order valence-corrected chi connectivity index (χ3v) is 3.75. The van der Waals surface area contributed by atoms with Crippen molar-refractivity contribution in [1.29, 1.82) is 0 Å². The molecule has 2 atom stereocenters. The second-order valence-electron chi connectivity index (χ2n) is 5.09. The van der Waals surface area contributed by atoms with Crippen LogP contribution in [0.2, 0.25) is 0 Å². The molecule has 0 saturated carbocycles. The van der Waals surface area contributed by atoms with Crippen molar-refractivity contribution in [2.24, 2.45) is 5.73 Å². The smallest absolute Gasteiger partial charge is 0.163 e. The van der Waals surface area contributed by atoms with Crippen molar-refractivity contribution in [1.82, 2.24) is 4.90 Å². The standard InChI is InChI=1S/C14H20F2N2/c1-10-5-2-3-8-18(10)9-13(17)11-6-4-7-12(15)14(11)16/h4,6-7,10,13H,2-3,5,8-9,17H2,1H3. The van der Waals surface area contributed by atoms with Gasteiger partial charge in [-0.3, -0.25) is 4.90 Å². The number of likely N-dealkylation sites (tertiary alicyclic amines) is 1. The van der Waals surface area contributed by atoms with Gasteiger partial charge in [0.05, 0.1) is 0 Å². The summed E-state index contributed by atoms with van der Waals surface area (Å²) in [6.07, 6.45) is 3.54. The van der Waals surface area contributed by atoms with E-state index in [1.54, 1.807) is 6.07 Å². The molecular weight excluding hydrogens is 234 g/mol. The largest absolute Gasteiger partial charge is 0.323 e. The van der Waals surface area contributed by atoms with Crippen LogP contribution in [0.1, 0.15) is 37.8 Å². The van der Waals surface area contributed by atoms with Gasteiger partial charge in [-0.2, -0.15) is 0 Å². The molecule has 1 aromatic carbocycles. The van der Waals surface area contributed by atoms with E-state index in [0.29, 0.717) is 12.6 Å². The van der Waals surface area contributed by atoms with Crippen molar-refractivity contribution in [2.75, 3.05) is 13.1 Å². The molecule has 1 aliphatic heterocycles. The van der Waals surface area contributed by atoms with Crippen LogP contribution in [0.25, 0.3) is 0 Å². The Kier molecular flexibility index (Phi) is 4.30. The van der Waals surface area contributed by atoms with Crippen LogP contribution in [0.4, 0.5) is 8.78 Å². The molecular formula is C14H20F2N2. The minimum Gasteiger partial charge on any atom is -0.323 e. The molecule has 2 rings (SSSR count). The Hall–Kier alpha value is -1.00. The van der Waals surface area contributed by atoms with Crippen LogP contribution in [0.3, 0.4) is 0 Å². The molecule has 1 heterocycles. The van der Waals surface area contributed by atoms with E-state index in [2.05, 4.69) is 11.8 Å². The van der Waals surface area contributed by atoms with Gasteiger partial charge in [0.25, 0.3) is 0 Å². The molecule has 18 heavy (non-hydrogen) atoms. The van der Waals surface area contributed by atoms with Crippen LogP contribution in [0.5, 0.6) is 0 Å². The highest BCUT2D eigenvalue weighted by atomic mass is 19.2. The SMILES string of the molecule is CC1CCCCN1CC(N)c1cccc(F)c1F. The Morgan fingerprint density at radius 2 is 2.17 bits per heavy atom. The second kappa shape index (κ2) is 5.76. The van der Waals surface area contributed by atoms with Gasteiger partial charge >= 0.3 is 0 Å². The highest BCUT2D eigenvalue weighted by Gasteiger charge is 2.22. The summed E-state index contributed by atoms with van der Waals surface area (Å²) >= 11 is 0. The predicted molar refractivity (Wildman–Crippen MR) is 68.2 cm³/mol. The first-order chi connectivity index (χ1) is 8.59. The number of hydrogen-bond donors (Lipinski definition) is 1. The summed E-state index contributed by atoms with van der Waals surface area (Å²) in [6.45, 7) is 3.74. The fraction of sp³-hybridized carbons (Fsp3) is 0.571. The molecule has 2 N–H and O–H groups in total. The van der Waals surface area contributed by atoms with Gasteiger partial charge in [0.1, 0.15) is 0 Å². The summed E-state index contributed by atoms with van der Waals surface area (Å²) in [5.74, 6) is -1.63. The highest BCUT2D eigenvalue weighted by Crippen LogP contribution is 2.22. The van der Waals surface area contributed by atoms with Gasteiger partial charge in [-0.15, -0.1) is 0 Å². The van der Waals surface area contributed by atoms with E-state index in [1.807, 2.05) is 0 Å². The predicted octanol–water partition coefficient (Wildman–Crippen LogP) is 2.84. The first-order valence-corrected chi connectivity index (χ1v) is 6.53. The van der Waals surface area contributed by atoms with Gasteiger partial charge in [-0.25, -0.2) is 8.78 Å². The zero-order chi connectivity index (χ0) is 13.1. The number of halogens is 2. The highest BCUT2D eigenvalue weighted by molar-refractivity contribution is 5.22. The molecule has 1 saturated heterocycles. The minimum atomic E-state index is -0.824. The molecule has 100 valence electrons.